The van der Waals surface area contributed by atoms with Crippen molar-refractivity contribution in [2.45, 2.75) is 6.92 Å². The standard InChI is InChI=1S/C17H17N3O/c1-11-7-8-13-12(16(11)18)9-10-19-17(13)20-14-5-3-4-6-15(14)21-2/h3-10H,18H2,1-2H3,(H,19,20). The van der Waals surface area contributed by atoms with E-state index >= 15 is 0 Å². The molecule has 0 saturated carbocycles. The number of methoxy groups -OCH3 is 1. The molecule has 2 aromatic carbocycles. The number of nitrogens with two attached hydrogens (primary N) is 1. The summed E-state index contributed by atoms with van der Waals surface area (Å²) in [7, 11) is 1.65. The van der Waals surface area contributed by atoms with Gasteiger partial charge in [-0.05, 0) is 30.7 Å². The van der Waals surface area contributed by atoms with Crippen LogP contribution < -0.4 is 15.8 Å². The fourth-order valence-corrected chi connectivity index (χ4v) is 2.36. The van der Waals surface area contributed by atoms with Crippen molar-refractivity contribution in [1.29, 1.82) is 0 Å². The van der Waals surface area contributed by atoms with Gasteiger partial charge in [0.2, 0.25) is 0 Å². The molecule has 0 amide bonds. The van der Waals surface area contributed by atoms with Gasteiger partial charge in [0, 0.05) is 22.7 Å². The molecule has 0 aliphatic heterocycles. The van der Waals surface area contributed by atoms with E-state index in [0.717, 1.165) is 39.3 Å². The van der Waals surface area contributed by atoms with Crippen molar-refractivity contribution in [3.8, 4) is 5.75 Å². The Morgan fingerprint density at radius 3 is 2.67 bits per heavy atom. The summed E-state index contributed by atoms with van der Waals surface area (Å²) < 4.78 is 5.36. The first-order chi connectivity index (χ1) is 10.2. The number of nitrogens with zero attached hydrogens (tertiary/aromatic N) is 1. The maximum Gasteiger partial charge on any atom is 0.142 e. The van der Waals surface area contributed by atoms with Crippen molar-refractivity contribution in [3.05, 3.63) is 54.2 Å². The third kappa shape index (κ3) is 2.36. The van der Waals surface area contributed by atoms with E-state index in [1.807, 2.05) is 49.4 Å². The number of para-hydroxylation sites is 2. The summed E-state index contributed by atoms with van der Waals surface area (Å²) >= 11 is 0. The van der Waals surface area contributed by atoms with Crippen LogP contribution in [0.4, 0.5) is 17.2 Å². The van der Waals surface area contributed by atoms with E-state index in [1.54, 1.807) is 13.3 Å². The van der Waals surface area contributed by atoms with E-state index in [4.69, 9.17) is 10.5 Å². The average molecular weight is 279 g/mol. The highest BCUT2D eigenvalue weighted by molar-refractivity contribution is 6.01. The Labute approximate surface area is 123 Å². The van der Waals surface area contributed by atoms with Crippen molar-refractivity contribution in [2.75, 3.05) is 18.2 Å². The van der Waals surface area contributed by atoms with Gasteiger partial charge in [-0.3, -0.25) is 0 Å². The number of ether oxygens (including phenoxy) is 1. The molecule has 4 heteroatoms. The molecule has 0 spiro atoms. The normalized spacial score (nSPS) is 10.6. The van der Waals surface area contributed by atoms with Crippen LogP contribution in [0.3, 0.4) is 0 Å². The Morgan fingerprint density at radius 1 is 1.05 bits per heavy atom. The minimum Gasteiger partial charge on any atom is -0.495 e. The third-order valence-electron chi connectivity index (χ3n) is 3.57. The zero-order chi connectivity index (χ0) is 14.8. The molecule has 106 valence electrons. The largest absolute Gasteiger partial charge is 0.495 e. The van der Waals surface area contributed by atoms with Gasteiger partial charge >= 0.3 is 0 Å². The summed E-state index contributed by atoms with van der Waals surface area (Å²) in [5.74, 6) is 1.54. The molecule has 0 radical (unpaired) electrons. The van der Waals surface area contributed by atoms with Gasteiger partial charge in [0.25, 0.3) is 0 Å². The summed E-state index contributed by atoms with van der Waals surface area (Å²) in [5.41, 5.74) is 8.89. The molecule has 0 aliphatic rings. The molecule has 3 aromatic rings. The number of hydrogen-bond donors (Lipinski definition) is 2. The van der Waals surface area contributed by atoms with Crippen molar-refractivity contribution in [3.63, 3.8) is 0 Å². The van der Waals surface area contributed by atoms with E-state index in [9.17, 15) is 0 Å². The molecule has 0 saturated heterocycles. The first-order valence-electron chi connectivity index (χ1n) is 6.74. The lowest BCUT2D eigenvalue weighted by Gasteiger charge is -2.13. The molecule has 4 nitrogen and oxygen atoms in total. The number of nitrogen functional groups attached to an aromatic ring is 1. The number of rotatable bonds is 3. The number of aryl methyl sites for hydroxylation is 1. The molecule has 3 rings (SSSR count). The van der Waals surface area contributed by atoms with Crippen LogP contribution in [0.15, 0.2) is 48.7 Å². The Bertz CT molecular complexity index is 799. The Morgan fingerprint density at radius 2 is 1.86 bits per heavy atom. The van der Waals surface area contributed by atoms with E-state index in [2.05, 4.69) is 10.3 Å². The number of fused-ring (bicyclic) bond motifs is 1. The summed E-state index contributed by atoms with van der Waals surface area (Å²) in [5, 5.41) is 5.32. The van der Waals surface area contributed by atoms with Crippen molar-refractivity contribution < 1.29 is 4.74 Å². The van der Waals surface area contributed by atoms with E-state index < -0.39 is 0 Å². The van der Waals surface area contributed by atoms with Gasteiger partial charge in [-0.25, -0.2) is 4.98 Å². The average Bonchev–Trinajstić information content (AvgIpc) is 2.52. The quantitative estimate of drug-likeness (QED) is 0.714. The molecule has 0 unspecified atom stereocenters. The summed E-state index contributed by atoms with van der Waals surface area (Å²) in [6.45, 7) is 2.00. The van der Waals surface area contributed by atoms with Gasteiger partial charge in [-0.15, -0.1) is 0 Å². The van der Waals surface area contributed by atoms with Crippen LogP contribution >= 0.6 is 0 Å². The van der Waals surface area contributed by atoms with Crippen LogP contribution in [-0.2, 0) is 0 Å². The fraction of sp³-hybridized carbons (Fsp3) is 0.118. The minimum absolute atomic E-state index is 0.767. The molecular formula is C17H17N3O. The van der Waals surface area contributed by atoms with Crippen molar-refractivity contribution in [1.82, 2.24) is 4.98 Å². The molecule has 1 aromatic heterocycles. The highest BCUT2D eigenvalue weighted by atomic mass is 16.5. The van der Waals surface area contributed by atoms with Crippen molar-refractivity contribution in [2.24, 2.45) is 0 Å². The lowest BCUT2D eigenvalue weighted by atomic mass is 10.1. The van der Waals surface area contributed by atoms with E-state index in [-0.39, 0.29) is 0 Å². The van der Waals surface area contributed by atoms with Gasteiger partial charge in [-0.1, -0.05) is 24.3 Å². The zero-order valence-electron chi connectivity index (χ0n) is 12.1. The number of pyridine rings is 1. The molecule has 3 N–H and O–H groups in total. The zero-order valence-corrected chi connectivity index (χ0v) is 12.1. The lowest BCUT2D eigenvalue weighted by Crippen LogP contribution is -1.99. The second-order valence-electron chi connectivity index (χ2n) is 4.88. The van der Waals surface area contributed by atoms with Crippen LogP contribution in [0.25, 0.3) is 10.8 Å². The maximum atomic E-state index is 6.16. The summed E-state index contributed by atoms with van der Waals surface area (Å²) in [4.78, 5) is 4.43. The molecular weight excluding hydrogens is 262 g/mol. The smallest absolute Gasteiger partial charge is 0.142 e. The number of anilines is 3. The van der Waals surface area contributed by atoms with Crippen LogP contribution in [0, 0.1) is 6.92 Å². The van der Waals surface area contributed by atoms with Gasteiger partial charge in [0.15, 0.2) is 0 Å². The topological polar surface area (TPSA) is 60.2 Å². The van der Waals surface area contributed by atoms with Crippen molar-refractivity contribution >= 4 is 28.0 Å². The summed E-state index contributed by atoms with van der Waals surface area (Å²) in [6.07, 6.45) is 1.76. The van der Waals surface area contributed by atoms with E-state index in [1.165, 1.54) is 0 Å². The fourth-order valence-electron chi connectivity index (χ4n) is 2.36. The van der Waals surface area contributed by atoms with E-state index in [0.29, 0.717) is 0 Å². The molecule has 0 aliphatic carbocycles. The molecule has 0 atom stereocenters. The Kier molecular flexibility index (Phi) is 3.36. The lowest BCUT2D eigenvalue weighted by molar-refractivity contribution is 0.417. The Hall–Kier alpha value is -2.75. The minimum atomic E-state index is 0.767. The second kappa shape index (κ2) is 5.32. The van der Waals surface area contributed by atoms with Crippen LogP contribution in [0.1, 0.15) is 5.56 Å². The molecule has 21 heavy (non-hydrogen) atoms. The molecule has 0 bridgehead atoms. The predicted molar refractivity (Wildman–Crippen MR) is 87.2 cm³/mol. The predicted octanol–water partition coefficient (Wildman–Crippen LogP) is 3.88. The summed E-state index contributed by atoms with van der Waals surface area (Å²) in [6, 6.07) is 13.7. The number of aromatic nitrogens is 1. The third-order valence-corrected chi connectivity index (χ3v) is 3.57. The highest BCUT2D eigenvalue weighted by Gasteiger charge is 2.08. The van der Waals surface area contributed by atoms with Gasteiger partial charge in [0.1, 0.15) is 11.6 Å². The number of hydrogen-bond acceptors (Lipinski definition) is 4. The van der Waals surface area contributed by atoms with Gasteiger partial charge in [-0.2, -0.15) is 0 Å². The monoisotopic (exact) mass is 279 g/mol. The van der Waals surface area contributed by atoms with Gasteiger partial charge < -0.3 is 15.8 Å². The highest BCUT2D eigenvalue weighted by Crippen LogP contribution is 2.32. The maximum absolute atomic E-state index is 6.16. The van der Waals surface area contributed by atoms with Gasteiger partial charge in [0.05, 0.1) is 12.8 Å². The van der Waals surface area contributed by atoms with Crippen LogP contribution in [0.5, 0.6) is 5.75 Å². The number of nitrogens with one attached hydrogen (secondary N) is 1. The van der Waals surface area contributed by atoms with Crippen LogP contribution in [0.2, 0.25) is 0 Å². The molecule has 1 heterocycles. The number of benzene rings is 2. The Balaban J connectivity index is 2.11. The first-order valence-corrected chi connectivity index (χ1v) is 6.74. The SMILES string of the molecule is COc1ccccc1Nc1nccc2c(N)c(C)ccc12. The molecule has 0 fully saturated rings. The van der Waals surface area contributed by atoms with Crippen LogP contribution in [-0.4, -0.2) is 12.1 Å². The first kappa shape index (κ1) is 13.2. The second-order valence-corrected chi connectivity index (χ2v) is 4.88.